The zero-order chi connectivity index (χ0) is 14.8. The first-order chi connectivity index (χ1) is 9.45. The molecule has 1 heterocycles. The molecule has 1 aromatic rings. The van der Waals surface area contributed by atoms with E-state index in [9.17, 15) is 8.42 Å². The normalized spacial score (nSPS) is 17.1. The zero-order valence-corrected chi connectivity index (χ0v) is 12.8. The van der Waals surface area contributed by atoms with Crippen molar-refractivity contribution in [1.29, 1.82) is 0 Å². The van der Waals surface area contributed by atoms with Crippen LogP contribution in [0.15, 0.2) is 18.2 Å². The van der Waals surface area contributed by atoms with Gasteiger partial charge in [0.05, 0.1) is 20.5 Å². The number of rotatable bonds is 4. The molecule has 0 radical (unpaired) electrons. The van der Waals surface area contributed by atoms with Gasteiger partial charge in [0, 0.05) is 37.9 Å². The first-order valence-electron chi connectivity index (χ1n) is 6.38. The van der Waals surface area contributed by atoms with Gasteiger partial charge in [-0.25, -0.2) is 8.42 Å². The summed E-state index contributed by atoms with van der Waals surface area (Å²) < 4.78 is 35.0. The largest absolute Gasteiger partial charge is 0.493 e. The topological polar surface area (TPSA) is 59.1 Å². The van der Waals surface area contributed by atoms with Gasteiger partial charge in [0.2, 0.25) is 10.0 Å². The fraction of sp³-hybridized carbons (Fsp3) is 0.538. The summed E-state index contributed by atoms with van der Waals surface area (Å²) in [5.41, 5.74) is 1.01. The summed E-state index contributed by atoms with van der Waals surface area (Å²) in [5.74, 6) is 1.36. The van der Waals surface area contributed by atoms with E-state index in [1.54, 1.807) is 14.2 Å². The summed E-state index contributed by atoms with van der Waals surface area (Å²) >= 11 is 0. The second kappa shape index (κ2) is 5.88. The number of hydrogen-bond acceptors (Lipinski definition) is 5. The van der Waals surface area contributed by atoms with E-state index in [4.69, 9.17) is 9.47 Å². The Kier molecular flexibility index (Phi) is 4.39. The summed E-state index contributed by atoms with van der Waals surface area (Å²) in [6, 6.07) is 5.73. The van der Waals surface area contributed by atoms with Gasteiger partial charge in [-0.1, -0.05) is 0 Å². The van der Waals surface area contributed by atoms with Crippen LogP contribution < -0.4 is 14.4 Å². The van der Waals surface area contributed by atoms with Crippen molar-refractivity contribution in [2.45, 2.75) is 0 Å². The van der Waals surface area contributed by atoms with E-state index in [1.807, 2.05) is 18.2 Å². The van der Waals surface area contributed by atoms with Gasteiger partial charge in [-0.15, -0.1) is 0 Å². The van der Waals surface area contributed by atoms with Crippen molar-refractivity contribution in [3.05, 3.63) is 18.2 Å². The van der Waals surface area contributed by atoms with E-state index < -0.39 is 10.0 Å². The summed E-state index contributed by atoms with van der Waals surface area (Å²) in [6.45, 7) is 2.35. The molecule has 1 fully saturated rings. The smallest absolute Gasteiger partial charge is 0.211 e. The van der Waals surface area contributed by atoms with E-state index in [1.165, 1.54) is 10.6 Å². The number of piperazine rings is 1. The molecule has 0 aliphatic carbocycles. The van der Waals surface area contributed by atoms with E-state index in [-0.39, 0.29) is 0 Å². The van der Waals surface area contributed by atoms with Crippen LogP contribution >= 0.6 is 0 Å². The summed E-state index contributed by atoms with van der Waals surface area (Å²) in [7, 11) is 0.107. The van der Waals surface area contributed by atoms with Crippen molar-refractivity contribution in [2.75, 3.05) is 51.6 Å². The maximum absolute atomic E-state index is 11.5. The molecule has 0 spiro atoms. The average molecular weight is 300 g/mol. The summed E-state index contributed by atoms with van der Waals surface area (Å²) in [6.07, 6.45) is 1.25. The molecule has 1 saturated heterocycles. The van der Waals surface area contributed by atoms with E-state index in [0.717, 1.165) is 5.69 Å². The third kappa shape index (κ3) is 3.16. The van der Waals surface area contributed by atoms with Crippen LogP contribution in [0.5, 0.6) is 11.5 Å². The number of sulfonamides is 1. The maximum atomic E-state index is 11.5. The van der Waals surface area contributed by atoms with E-state index in [0.29, 0.717) is 37.7 Å². The van der Waals surface area contributed by atoms with Crippen molar-refractivity contribution in [3.8, 4) is 11.5 Å². The van der Waals surface area contributed by atoms with Crippen LogP contribution in [0.3, 0.4) is 0 Å². The van der Waals surface area contributed by atoms with Crippen molar-refractivity contribution in [3.63, 3.8) is 0 Å². The first-order valence-corrected chi connectivity index (χ1v) is 8.22. The Hall–Kier alpha value is -1.47. The van der Waals surface area contributed by atoms with Gasteiger partial charge in [0.15, 0.2) is 11.5 Å². The van der Waals surface area contributed by atoms with E-state index >= 15 is 0 Å². The second-order valence-corrected chi connectivity index (χ2v) is 6.67. The zero-order valence-electron chi connectivity index (χ0n) is 12.0. The molecule has 6 nitrogen and oxygen atoms in total. The summed E-state index contributed by atoms with van der Waals surface area (Å²) in [4.78, 5) is 2.14. The lowest BCUT2D eigenvalue weighted by molar-refractivity contribution is 0.354. The highest BCUT2D eigenvalue weighted by atomic mass is 32.2. The number of benzene rings is 1. The highest BCUT2D eigenvalue weighted by molar-refractivity contribution is 7.88. The standard InChI is InChI=1S/C13H20N2O4S/c1-18-12-5-4-11(10-13(12)19-2)14-6-8-15(9-7-14)20(3,16)17/h4-5,10H,6-9H2,1-3H3. The summed E-state index contributed by atoms with van der Waals surface area (Å²) in [5, 5.41) is 0. The minimum atomic E-state index is -3.09. The van der Waals surface area contributed by atoms with Crippen molar-refractivity contribution in [1.82, 2.24) is 4.31 Å². The molecule has 0 N–H and O–H groups in total. The molecule has 1 aromatic carbocycles. The molecule has 1 aliphatic heterocycles. The Morgan fingerprint density at radius 1 is 1.00 bits per heavy atom. The van der Waals surface area contributed by atoms with Gasteiger partial charge < -0.3 is 14.4 Å². The van der Waals surface area contributed by atoms with Crippen molar-refractivity contribution >= 4 is 15.7 Å². The Balaban J connectivity index is 2.11. The molecule has 2 rings (SSSR count). The molecule has 0 saturated carbocycles. The van der Waals surface area contributed by atoms with Crippen LogP contribution in [0.25, 0.3) is 0 Å². The molecule has 0 amide bonds. The molecular formula is C13H20N2O4S. The van der Waals surface area contributed by atoms with Crippen LogP contribution in [-0.4, -0.2) is 59.4 Å². The Bertz CT molecular complexity index is 566. The van der Waals surface area contributed by atoms with Gasteiger partial charge >= 0.3 is 0 Å². The highest BCUT2D eigenvalue weighted by Gasteiger charge is 2.23. The molecule has 7 heteroatoms. The monoisotopic (exact) mass is 300 g/mol. The second-order valence-electron chi connectivity index (χ2n) is 4.69. The van der Waals surface area contributed by atoms with Crippen molar-refractivity contribution < 1.29 is 17.9 Å². The third-order valence-electron chi connectivity index (χ3n) is 3.44. The molecule has 1 aliphatic rings. The van der Waals surface area contributed by atoms with Gasteiger partial charge in [-0.2, -0.15) is 4.31 Å². The number of anilines is 1. The fourth-order valence-electron chi connectivity index (χ4n) is 2.30. The Morgan fingerprint density at radius 3 is 2.10 bits per heavy atom. The minimum Gasteiger partial charge on any atom is -0.493 e. The predicted octanol–water partition coefficient (Wildman–Crippen LogP) is 0.785. The lowest BCUT2D eigenvalue weighted by atomic mass is 10.2. The van der Waals surface area contributed by atoms with Gasteiger partial charge in [-0.3, -0.25) is 0 Å². The van der Waals surface area contributed by atoms with Crippen LogP contribution in [0.4, 0.5) is 5.69 Å². The lowest BCUT2D eigenvalue weighted by Gasteiger charge is -2.34. The number of nitrogens with zero attached hydrogens (tertiary/aromatic N) is 2. The van der Waals surface area contributed by atoms with Gasteiger partial charge in [-0.05, 0) is 12.1 Å². The quantitative estimate of drug-likeness (QED) is 0.822. The molecule has 0 unspecified atom stereocenters. The third-order valence-corrected chi connectivity index (χ3v) is 4.74. The Morgan fingerprint density at radius 2 is 1.60 bits per heavy atom. The Labute approximate surface area is 119 Å². The lowest BCUT2D eigenvalue weighted by Crippen LogP contribution is -2.48. The molecular weight excluding hydrogens is 280 g/mol. The SMILES string of the molecule is COc1ccc(N2CCN(S(C)(=O)=O)CC2)cc1OC. The van der Waals surface area contributed by atoms with Crippen LogP contribution in [0, 0.1) is 0 Å². The number of methoxy groups -OCH3 is 2. The maximum Gasteiger partial charge on any atom is 0.211 e. The molecule has 112 valence electrons. The van der Waals surface area contributed by atoms with Gasteiger partial charge in [0.25, 0.3) is 0 Å². The minimum absolute atomic E-state index is 0.507. The molecule has 0 atom stereocenters. The number of hydrogen-bond donors (Lipinski definition) is 0. The van der Waals surface area contributed by atoms with Crippen molar-refractivity contribution in [2.24, 2.45) is 0 Å². The van der Waals surface area contributed by atoms with Gasteiger partial charge in [0.1, 0.15) is 0 Å². The fourth-order valence-corrected chi connectivity index (χ4v) is 3.13. The molecule has 0 aromatic heterocycles. The first kappa shape index (κ1) is 14.9. The molecule has 0 bridgehead atoms. The number of ether oxygens (including phenoxy) is 2. The van der Waals surface area contributed by atoms with E-state index in [2.05, 4.69) is 4.90 Å². The van der Waals surface area contributed by atoms with Crippen LogP contribution in [0.1, 0.15) is 0 Å². The predicted molar refractivity (Wildman–Crippen MR) is 78.2 cm³/mol. The molecule has 20 heavy (non-hydrogen) atoms. The highest BCUT2D eigenvalue weighted by Crippen LogP contribution is 2.31. The van der Waals surface area contributed by atoms with Crippen LogP contribution in [-0.2, 0) is 10.0 Å². The van der Waals surface area contributed by atoms with Crippen LogP contribution in [0.2, 0.25) is 0 Å². The average Bonchev–Trinajstić information content (AvgIpc) is 2.45.